The molecule has 108 valence electrons. The summed E-state index contributed by atoms with van der Waals surface area (Å²) in [6, 6.07) is 9.79. The minimum Gasteiger partial charge on any atom is -0.310 e. The third-order valence-electron chi connectivity index (χ3n) is 4.41. The van der Waals surface area contributed by atoms with Crippen molar-refractivity contribution in [2.24, 2.45) is 0 Å². The van der Waals surface area contributed by atoms with Crippen molar-refractivity contribution >= 4 is 17.6 Å². The van der Waals surface area contributed by atoms with Gasteiger partial charge in [0.1, 0.15) is 0 Å². The minimum atomic E-state index is 0.740. The van der Waals surface area contributed by atoms with E-state index in [2.05, 4.69) is 47.1 Å². The van der Waals surface area contributed by atoms with Crippen LogP contribution in [0.15, 0.2) is 30.0 Å². The molecule has 1 aliphatic heterocycles. The molecule has 1 saturated carbocycles. The molecular formula is C17H24N2S. The maximum absolute atomic E-state index is 3.70. The van der Waals surface area contributed by atoms with Crippen molar-refractivity contribution < 1.29 is 0 Å². The van der Waals surface area contributed by atoms with Gasteiger partial charge in [-0.05, 0) is 37.3 Å². The Morgan fingerprint density at radius 2 is 1.85 bits per heavy atom. The van der Waals surface area contributed by atoms with Crippen molar-refractivity contribution in [2.75, 3.05) is 6.26 Å². The molecule has 0 aromatic heterocycles. The van der Waals surface area contributed by atoms with Gasteiger partial charge in [0, 0.05) is 24.4 Å². The summed E-state index contributed by atoms with van der Waals surface area (Å²) in [6.45, 7) is 3.19. The fourth-order valence-electron chi connectivity index (χ4n) is 3.13. The molecule has 0 amide bonds. The number of benzene rings is 1. The number of nitrogens with zero attached hydrogens (tertiary/aromatic N) is 1. The highest BCUT2D eigenvalue weighted by molar-refractivity contribution is 7.97. The molecule has 2 nitrogen and oxygen atoms in total. The Kier molecular flexibility index (Phi) is 4.37. The monoisotopic (exact) mass is 288 g/mol. The van der Waals surface area contributed by atoms with Gasteiger partial charge in [-0.25, -0.2) is 0 Å². The zero-order valence-corrected chi connectivity index (χ0v) is 13.3. The van der Waals surface area contributed by atoms with E-state index in [1.165, 1.54) is 54.6 Å². The molecule has 1 aliphatic carbocycles. The quantitative estimate of drug-likeness (QED) is 0.809. The van der Waals surface area contributed by atoms with Crippen molar-refractivity contribution in [2.45, 2.75) is 51.6 Å². The first-order valence-corrected chi connectivity index (χ1v) is 8.85. The molecule has 3 rings (SSSR count). The normalized spacial score (nSPS) is 19.6. The van der Waals surface area contributed by atoms with E-state index in [1.54, 1.807) is 11.9 Å². The van der Waals surface area contributed by atoms with Crippen molar-refractivity contribution in [1.29, 1.82) is 0 Å². The third kappa shape index (κ3) is 3.04. The van der Waals surface area contributed by atoms with Gasteiger partial charge in [-0.2, -0.15) is 0 Å². The zero-order valence-electron chi connectivity index (χ0n) is 12.5. The van der Waals surface area contributed by atoms with Crippen LogP contribution in [0.3, 0.4) is 0 Å². The Bertz CT molecular complexity index is 486. The van der Waals surface area contributed by atoms with Crippen LogP contribution < -0.4 is 5.32 Å². The standard InChI is InChI=1S/C17H24N2S/c1-13-17(19(13)20-2)15-10-8-14(9-11-15)12-18-16-6-4-3-5-7-16/h8-11,16,18H,3-7,12H2,1-2H3. The molecule has 0 unspecified atom stereocenters. The first kappa shape index (κ1) is 14.0. The summed E-state index contributed by atoms with van der Waals surface area (Å²) in [7, 11) is 0. The van der Waals surface area contributed by atoms with Crippen molar-refractivity contribution in [3.05, 3.63) is 41.1 Å². The molecule has 2 aliphatic rings. The first-order valence-electron chi connectivity index (χ1n) is 7.67. The number of hydrogen-bond donors (Lipinski definition) is 1. The summed E-state index contributed by atoms with van der Waals surface area (Å²) in [5.41, 5.74) is 5.53. The molecule has 1 N–H and O–H groups in total. The van der Waals surface area contributed by atoms with E-state index in [1.807, 2.05) is 0 Å². The smallest absolute Gasteiger partial charge is 0.0796 e. The summed E-state index contributed by atoms with van der Waals surface area (Å²) in [4.78, 5) is 0. The molecule has 0 spiro atoms. The Labute approximate surface area is 126 Å². The van der Waals surface area contributed by atoms with E-state index in [4.69, 9.17) is 0 Å². The fourth-order valence-corrected chi connectivity index (χ4v) is 3.87. The third-order valence-corrected chi connectivity index (χ3v) is 5.23. The van der Waals surface area contributed by atoms with Gasteiger partial charge >= 0.3 is 0 Å². The molecule has 1 fully saturated rings. The largest absolute Gasteiger partial charge is 0.310 e. The van der Waals surface area contributed by atoms with E-state index in [0.717, 1.165) is 12.6 Å². The number of allylic oxidation sites excluding steroid dienone is 1. The lowest BCUT2D eigenvalue weighted by Gasteiger charge is -2.22. The van der Waals surface area contributed by atoms with Gasteiger partial charge in [0.05, 0.1) is 11.4 Å². The number of rotatable bonds is 5. The molecule has 1 aromatic rings. The summed E-state index contributed by atoms with van der Waals surface area (Å²) in [6.07, 6.45) is 9.05. The summed E-state index contributed by atoms with van der Waals surface area (Å²) >= 11 is 1.78. The van der Waals surface area contributed by atoms with Crippen LogP contribution in [0, 0.1) is 0 Å². The first-order chi connectivity index (χ1) is 9.79. The van der Waals surface area contributed by atoms with Crippen LogP contribution in [0.25, 0.3) is 5.70 Å². The molecule has 3 heteroatoms. The maximum Gasteiger partial charge on any atom is 0.0796 e. The second-order valence-electron chi connectivity index (χ2n) is 5.82. The van der Waals surface area contributed by atoms with Crippen LogP contribution in [-0.4, -0.2) is 16.6 Å². The van der Waals surface area contributed by atoms with Crippen LogP contribution in [0.4, 0.5) is 0 Å². The van der Waals surface area contributed by atoms with Gasteiger partial charge in [0.25, 0.3) is 0 Å². The van der Waals surface area contributed by atoms with Crippen LogP contribution >= 0.6 is 11.9 Å². The summed E-state index contributed by atoms with van der Waals surface area (Å²) in [5.74, 6) is 0. The van der Waals surface area contributed by atoms with E-state index in [0.29, 0.717) is 0 Å². The van der Waals surface area contributed by atoms with Crippen LogP contribution in [0.2, 0.25) is 0 Å². The zero-order chi connectivity index (χ0) is 13.9. The topological polar surface area (TPSA) is 15.0 Å². The molecule has 0 saturated heterocycles. The lowest BCUT2D eigenvalue weighted by Crippen LogP contribution is -2.30. The summed E-state index contributed by atoms with van der Waals surface area (Å²) in [5, 5.41) is 3.70. The highest BCUT2D eigenvalue weighted by atomic mass is 32.2. The van der Waals surface area contributed by atoms with Gasteiger partial charge < -0.3 is 5.32 Å². The van der Waals surface area contributed by atoms with Crippen LogP contribution in [-0.2, 0) is 6.54 Å². The summed E-state index contributed by atoms with van der Waals surface area (Å²) < 4.78 is 2.29. The Balaban J connectivity index is 1.54. The van der Waals surface area contributed by atoms with Crippen molar-refractivity contribution in [1.82, 2.24) is 9.62 Å². The average molecular weight is 288 g/mol. The van der Waals surface area contributed by atoms with Gasteiger partial charge in [0.15, 0.2) is 0 Å². The molecule has 1 heterocycles. The minimum absolute atomic E-state index is 0.740. The molecule has 0 atom stereocenters. The fraction of sp³-hybridized carbons (Fsp3) is 0.529. The van der Waals surface area contributed by atoms with E-state index >= 15 is 0 Å². The molecule has 0 bridgehead atoms. The Morgan fingerprint density at radius 3 is 2.45 bits per heavy atom. The van der Waals surface area contributed by atoms with Gasteiger partial charge in [0.2, 0.25) is 0 Å². The lowest BCUT2D eigenvalue weighted by atomic mass is 9.95. The number of hydrogen-bond acceptors (Lipinski definition) is 3. The van der Waals surface area contributed by atoms with E-state index in [-0.39, 0.29) is 0 Å². The Hall–Kier alpha value is -0.930. The van der Waals surface area contributed by atoms with Gasteiger partial charge in [-0.15, -0.1) is 0 Å². The van der Waals surface area contributed by atoms with Crippen molar-refractivity contribution in [3.8, 4) is 0 Å². The van der Waals surface area contributed by atoms with Crippen LogP contribution in [0.1, 0.15) is 50.2 Å². The highest BCUT2D eigenvalue weighted by Gasteiger charge is 2.29. The highest BCUT2D eigenvalue weighted by Crippen LogP contribution is 2.44. The molecular weight excluding hydrogens is 264 g/mol. The van der Waals surface area contributed by atoms with Gasteiger partial charge in [-0.1, -0.05) is 43.5 Å². The Morgan fingerprint density at radius 1 is 1.15 bits per heavy atom. The maximum atomic E-state index is 3.70. The lowest BCUT2D eigenvalue weighted by molar-refractivity contribution is 0.372. The molecule has 20 heavy (non-hydrogen) atoms. The predicted molar refractivity (Wildman–Crippen MR) is 88.1 cm³/mol. The van der Waals surface area contributed by atoms with Crippen molar-refractivity contribution in [3.63, 3.8) is 0 Å². The second kappa shape index (κ2) is 6.23. The molecule has 1 aromatic carbocycles. The second-order valence-corrected chi connectivity index (χ2v) is 6.55. The van der Waals surface area contributed by atoms with E-state index in [9.17, 15) is 0 Å². The average Bonchev–Trinajstić information content (AvgIpc) is 3.17. The predicted octanol–water partition coefficient (Wildman–Crippen LogP) is 4.39. The number of nitrogens with one attached hydrogen (secondary N) is 1. The van der Waals surface area contributed by atoms with E-state index < -0.39 is 0 Å². The van der Waals surface area contributed by atoms with Gasteiger partial charge in [-0.3, -0.25) is 4.31 Å². The SMILES string of the molecule is CSN1C(C)=C1c1ccc(CNC2CCCCC2)cc1. The molecule has 0 radical (unpaired) electrons. The van der Waals surface area contributed by atoms with Crippen LogP contribution in [0.5, 0.6) is 0 Å².